The molecule has 0 aliphatic heterocycles. The maximum Gasteiger partial charge on any atom is 0.138 e. The van der Waals surface area contributed by atoms with Crippen molar-refractivity contribution in [3.05, 3.63) is 11.6 Å². The van der Waals surface area contributed by atoms with E-state index in [1.807, 2.05) is 6.92 Å². The van der Waals surface area contributed by atoms with Crippen molar-refractivity contribution in [2.24, 2.45) is 51.8 Å². The van der Waals surface area contributed by atoms with Gasteiger partial charge in [0.2, 0.25) is 0 Å². The van der Waals surface area contributed by atoms with Gasteiger partial charge in [-0.25, -0.2) is 0 Å². The molecule has 0 aromatic heterocycles. The molecule has 0 heterocycles. The first-order valence-corrected chi connectivity index (χ1v) is 12.1. The van der Waals surface area contributed by atoms with Crippen LogP contribution in [-0.2, 0) is 14.4 Å². The van der Waals surface area contributed by atoms with Crippen molar-refractivity contribution in [3.8, 4) is 0 Å². The molecule has 30 heavy (non-hydrogen) atoms. The SMILES string of the molecule is CC(C)C1=CC23CCC4C(C)(C(=O)[O-])CCCC4(C)C2CC1C1C(=O)CCC(=O)C13. The van der Waals surface area contributed by atoms with Crippen LogP contribution in [0.15, 0.2) is 11.6 Å². The Balaban J connectivity index is 1.67. The summed E-state index contributed by atoms with van der Waals surface area (Å²) in [6.45, 7) is 8.63. The molecule has 6 aliphatic carbocycles. The molecule has 4 fully saturated rings. The molecule has 2 bridgehead atoms. The molecule has 0 N–H and O–H groups in total. The maximum atomic E-state index is 13.3. The average Bonchev–Trinajstić information content (AvgIpc) is 2.69. The third-order valence-electron chi connectivity index (χ3n) is 10.5. The first kappa shape index (κ1) is 20.5. The Labute approximate surface area is 179 Å². The third-order valence-corrected chi connectivity index (χ3v) is 10.5. The molecule has 164 valence electrons. The first-order chi connectivity index (χ1) is 14.1. The van der Waals surface area contributed by atoms with Gasteiger partial charge in [-0.3, -0.25) is 9.59 Å². The number of aliphatic carboxylic acids is 1. The van der Waals surface area contributed by atoms with Crippen LogP contribution in [0.5, 0.6) is 0 Å². The molecule has 8 unspecified atom stereocenters. The number of rotatable bonds is 2. The van der Waals surface area contributed by atoms with Gasteiger partial charge in [-0.05, 0) is 61.2 Å². The van der Waals surface area contributed by atoms with Crippen LogP contribution < -0.4 is 5.11 Å². The van der Waals surface area contributed by atoms with Gasteiger partial charge in [-0.2, -0.15) is 0 Å². The molecule has 0 aromatic rings. The summed E-state index contributed by atoms with van der Waals surface area (Å²) in [5.41, 5.74) is 0.216. The normalized spacial score (nSPS) is 49.9. The highest BCUT2D eigenvalue weighted by Gasteiger charge is 2.70. The van der Waals surface area contributed by atoms with Crippen molar-refractivity contribution in [2.45, 2.75) is 79.1 Å². The van der Waals surface area contributed by atoms with Gasteiger partial charge in [0, 0.05) is 41.5 Å². The lowest BCUT2D eigenvalue weighted by Crippen LogP contribution is -2.67. The zero-order valence-electron chi connectivity index (χ0n) is 18.8. The number of carboxylic acid groups (broad SMARTS) is 1. The number of carbonyl (C=O) groups excluding carboxylic acids is 3. The van der Waals surface area contributed by atoms with E-state index in [0.717, 1.165) is 32.1 Å². The van der Waals surface area contributed by atoms with Crippen molar-refractivity contribution in [1.82, 2.24) is 0 Å². The van der Waals surface area contributed by atoms with E-state index in [0.29, 0.717) is 31.0 Å². The molecule has 0 aromatic carbocycles. The molecule has 1 spiro atoms. The zero-order valence-corrected chi connectivity index (χ0v) is 18.8. The molecule has 8 atom stereocenters. The number of fused-ring (bicyclic) bond motifs is 1. The van der Waals surface area contributed by atoms with E-state index in [4.69, 9.17) is 0 Å². The van der Waals surface area contributed by atoms with E-state index >= 15 is 0 Å². The standard InChI is InChI=1S/C26H36O4/c1-14(2)16-13-26-11-8-19-24(3,9-5-10-25(19,4)23(29)30)20(26)12-15(16)21-17(27)6-7-18(28)22(21)26/h13-15,19-22H,5-12H2,1-4H3,(H,29,30)/p-1. The van der Waals surface area contributed by atoms with Crippen LogP contribution in [0.25, 0.3) is 0 Å². The molecular weight excluding hydrogens is 376 g/mol. The summed E-state index contributed by atoms with van der Waals surface area (Å²) in [5, 5.41) is 12.2. The Kier molecular flexibility index (Phi) is 4.29. The lowest BCUT2D eigenvalue weighted by atomic mass is 9.33. The van der Waals surface area contributed by atoms with E-state index in [-0.39, 0.29) is 46.2 Å². The first-order valence-electron chi connectivity index (χ1n) is 12.1. The summed E-state index contributed by atoms with van der Waals surface area (Å²) in [6, 6.07) is 0. The fourth-order valence-corrected chi connectivity index (χ4v) is 9.33. The predicted octanol–water partition coefficient (Wildman–Crippen LogP) is 3.73. The Morgan fingerprint density at radius 2 is 1.77 bits per heavy atom. The van der Waals surface area contributed by atoms with Crippen LogP contribution in [-0.4, -0.2) is 17.5 Å². The monoisotopic (exact) mass is 411 g/mol. The number of ketones is 2. The Morgan fingerprint density at radius 1 is 1.07 bits per heavy atom. The third kappa shape index (κ3) is 2.31. The zero-order chi connectivity index (χ0) is 21.6. The van der Waals surface area contributed by atoms with Gasteiger partial charge in [0.1, 0.15) is 11.6 Å². The van der Waals surface area contributed by atoms with Crippen LogP contribution in [0.1, 0.15) is 79.1 Å². The summed E-state index contributed by atoms with van der Waals surface area (Å²) in [4.78, 5) is 38.6. The summed E-state index contributed by atoms with van der Waals surface area (Å²) in [5.74, 6) is 0.261. The highest BCUT2D eigenvalue weighted by atomic mass is 16.4. The van der Waals surface area contributed by atoms with Gasteiger partial charge in [0.15, 0.2) is 0 Å². The number of allylic oxidation sites excluding steroid dienone is 2. The van der Waals surface area contributed by atoms with Gasteiger partial charge in [0.25, 0.3) is 0 Å². The molecule has 0 radical (unpaired) electrons. The van der Waals surface area contributed by atoms with Gasteiger partial charge < -0.3 is 9.90 Å². The van der Waals surface area contributed by atoms with Crippen LogP contribution in [0, 0.1) is 51.8 Å². The second-order valence-electron chi connectivity index (χ2n) is 11.9. The Morgan fingerprint density at radius 3 is 2.43 bits per heavy atom. The van der Waals surface area contributed by atoms with Crippen molar-refractivity contribution in [1.29, 1.82) is 0 Å². The highest BCUT2D eigenvalue weighted by molar-refractivity contribution is 5.98. The topological polar surface area (TPSA) is 74.3 Å². The highest BCUT2D eigenvalue weighted by Crippen LogP contribution is 2.74. The minimum absolute atomic E-state index is 0.0856. The Hall–Kier alpha value is -1.45. The number of hydrogen-bond donors (Lipinski definition) is 0. The lowest BCUT2D eigenvalue weighted by Gasteiger charge is -2.70. The van der Waals surface area contributed by atoms with Crippen LogP contribution in [0.2, 0.25) is 0 Å². The minimum Gasteiger partial charge on any atom is -0.550 e. The number of carbonyl (C=O) groups is 3. The molecule has 4 saturated carbocycles. The maximum absolute atomic E-state index is 13.3. The minimum atomic E-state index is -0.907. The van der Waals surface area contributed by atoms with E-state index in [1.165, 1.54) is 5.57 Å². The molecular formula is C26H35O4-. The molecule has 6 rings (SSSR count). The quantitative estimate of drug-likeness (QED) is 0.649. The molecule has 0 saturated heterocycles. The number of hydrogen-bond acceptors (Lipinski definition) is 4. The van der Waals surface area contributed by atoms with Crippen molar-refractivity contribution >= 4 is 17.5 Å². The molecule has 6 aliphatic rings. The molecule has 4 heteroatoms. The fourth-order valence-electron chi connectivity index (χ4n) is 9.33. The second-order valence-corrected chi connectivity index (χ2v) is 11.9. The van der Waals surface area contributed by atoms with E-state index < -0.39 is 11.4 Å². The van der Waals surface area contributed by atoms with Crippen LogP contribution in [0.4, 0.5) is 0 Å². The second kappa shape index (κ2) is 6.29. The van der Waals surface area contributed by atoms with Gasteiger partial charge in [0.05, 0.1) is 0 Å². The smallest absolute Gasteiger partial charge is 0.138 e. The summed E-state index contributed by atoms with van der Waals surface area (Å²) < 4.78 is 0. The summed E-state index contributed by atoms with van der Waals surface area (Å²) >= 11 is 0. The van der Waals surface area contributed by atoms with Crippen molar-refractivity contribution in [3.63, 3.8) is 0 Å². The molecule has 0 amide bonds. The predicted molar refractivity (Wildman–Crippen MR) is 111 cm³/mol. The number of carboxylic acids is 1. The van der Waals surface area contributed by atoms with Crippen LogP contribution in [0.3, 0.4) is 0 Å². The molecule has 4 nitrogen and oxygen atoms in total. The van der Waals surface area contributed by atoms with Gasteiger partial charge in [-0.1, -0.05) is 45.8 Å². The lowest BCUT2D eigenvalue weighted by molar-refractivity contribution is -0.328. The van der Waals surface area contributed by atoms with Gasteiger partial charge >= 0.3 is 0 Å². The Bertz CT molecular complexity index is 855. The van der Waals surface area contributed by atoms with E-state index in [1.54, 1.807) is 0 Å². The average molecular weight is 412 g/mol. The fraction of sp³-hybridized carbons (Fsp3) is 0.808. The summed E-state index contributed by atoms with van der Waals surface area (Å²) in [6.07, 6.45) is 8.45. The van der Waals surface area contributed by atoms with Gasteiger partial charge in [-0.15, -0.1) is 0 Å². The largest absolute Gasteiger partial charge is 0.550 e. The van der Waals surface area contributed by atoms with E-state index in [9.17, 15) is 19.5 Å². The van der Waals surface area contributed by atoms with Crippen molar-refractivity contribution < 1.29 is 19.5 Å². The van der Waals surface area contributed by atoms with Crippen molar-refractivity contribution in [2.75, 3.05) is 0 Å². The van der Waals surface area contributed by atoms with E-state index in [2.05, 4.69) is 26.8 Å². The number of Topliss-reactive ketones (excluding diaryl/α,β-unsaturated/α-hetero) is 2. The van der Waals surface area contributed by atoms with Crippen LogP contribution >= 0.6 is 0 Å². The summed E-state index contributed by atoms with van der Waals surface area (Å²) in [7, 11) is 0.